The number of amides is 1. The van der Waals surface area contributed by atoms with E-state index in [0.717, 1.165) is 10.1 Å². The van der Waals surface area contributed by atoms with Crippen LogP contribution < -0.4 is 10.9 Å². The van der Waals surface area contributed by atoms with Crippen LogP contribution in [0, 0.1) is 6.92 Å². The Morgan fingerprint density at radius 1 is 1.21 bits per heavy atom. The fourth-order valence-electron chi connectivity index (χ4n) is 2.38. The molecular formula is C16H17N5O3. The fraction of sp³-hybridized carbons (Fsp3) is 0.312. The SMILES string of the molecule is CCc1nnc(CNC(=O)Cn2nc(C)c3ccccc3c2=O)o1. The normalized spacial score (nSPS) is 10.9. The van der Waals surface area contributed by atoms with E-state index in [0.29, 0.717) is 29.3 Å². The third-order valence-electron chi connectivity index (χ3n) is 3.59. The summed E-state index contributed by atoms with van der Waals surface area (Å²) in [7, 11) is 0. The van der Waals surface area contributed by atoms with Gasteiger partial charge in [0.2, 0.25) is 17.7 Å². The standard InChI is InChI=1S/C16H17N5O3/c1-3-14-18-19-15(24-14)8-17-13(22)9-21-16(23)12-7-5-4-6-11(12)10(2)20-21/h4-7H,3,8-9H2,1-2H3,(H,17,22). The number of nitrogens with zero attached hydrogens (tertiary/aromatic N) is 4. The molecule has 0 aliphatic rings. The number of benzene rings is 1. The topological polar surface area (TPSA) is 103 Å². The first kappa shape index (κ1) is 15.9. The fourth-order valence-corrected chi connectivity index (χ4v) is 2.38. The Morgan fingerprint density at radius 2 is 1.92 bits per heavy atom. The lowest BCUT2D eigenvalue weighted by Gasteiger charge is -2.08. The van der Waals surface area contributed by atoms with E-state index in [1.807, 2.05) is 19.1 Å². The lowest BCUT2D eigenvalue weighted by Crippen LogP contribution is -2.33. The molecule has 0 unspecified atom stereocenters. The van der Waals surface area contributed by atoms with E-state index >= 15 is 0 Å². The summed E-state index contributed by atoms with van der Waals surface area (Å²) >= 11 is 0. The molecular weight excluding hydrogens is 310 g/mol. The Kier molecular flexibility index (Phi) is 4.37. The maximum Gasteiger partial charge on any atom is 0.275 e. The van der Waals surface area contributed by atoms with Crippen LogP contribution in [0.1, 0.15) is 24.4 Å². The number of hydrogen-bond acceptors (Lipinski definition) is 6. The molecule has 0 atom stereocenters. The Bertz CT molecular complexity index is 944. The smallest absolute Gasteiger partial charge is 0.275 e. The van der Waals surface area contributed by atoms with Gasteiger partial charge in [0.05, 0.1) is 17.6 Å². The van der Waals surface area contributed by atoms with Crippen molar-refractivity contribution in [1.29, 1.82) is 0 Å². The zero-order chi connectivity index (χ0) is 17.1. The summed E-state index contributed by atoms with van der Waals surface area (Å²) in [4.78, 5) is 24.5. The summed E-state index contributed by atoms with van der Waals surface area (Å²) in [6, 6.07) is 7.20. The quantitative estimate of drug-likeness (QED) is 0.749. The Hall–Kier alpha value is -3.03. The molecule has 8 heteroatoms. The summed E-state index contributed by atoms with van der Waals surface area (Å²) in [6.07, 6.45) is 0.636. The van der Waals surface area contributed by atoms with Gasteiger partial charge in [-0.3, -0.25) is 9.59 Å². The van der Waals surface area contributed by atoms with Crippen molar-refractivity contribution in [3.8, 4) is 0 Å². The number of carbonyl (C=O) groups excluding carboxylic acids is 1. The van der Waals surface area contributed by atoms with Gasteiger partial charge in [-0.2, -0.15) is 5.10 Å². The second-order valence-electron chi connectivity index (χ2n) is 5.31. The van der Waals surface area contributed by atoms with E-state index in [9.17, 15) is 9.59 Å². The zero-order valence-electron chi connectivity index (χ0n) is 13.4. The van der Waals surface area contributed by atoms with Crippen molar-refractivity contribution in [2.45, 2.75) is 33.4 Å². The molecule has 1 N–H and O–H groups in total. The zero-order valence-corrected chi connectivity index (χ0v) is 13.4. The highest BCUT2D eigenvalue weighted by Crippen LogP contribution is 2.11. The van der Waals surface area contributed by atoms with Gasteiger partial charge in [-0.15, -0.1) is 10.2 Å². The van der Waals surface area contributed by atoms with Crippen LogP contribution in [0.4, 0.5) is 0 Å². The predicted molar refractivity (Wildman–Crippen MR) is 86.3 cm³/mol. The van der Waals surface area contributed by atoms with Crippen molar-refractivity contribution in [2.75, 3.05) is 0 Å². The van der Waals surface area contributed by atoms with Gasteiger partial charge in [0.15, 0.2) is 0 Å². The number of hydrogen-bond donors (Lipinski definition) is 1. The lowest BCUT2D eigenvalue weighted by molar-refractivity contribution is -0.122. The number of aromatic nitrogens is 4. The molecule has 0 bridgehead atoms. The van der Waals surface area contributed by atoms with E-state index in [1.165, 1.54) is 0 Å². The van der Waals surface area contributed by atoms with Gasteiger partial charge in [0.25, 0.3) is 5.56 Å². The average molecular weight is 327 g/mol. The molecule has 0 aliphatic carbocycles. The molecule has 2 aromatic heterocycles. The van der Waals surface area contributed by atoms with Crippen molar-refractivity contribution >= 4 is 16.7 Å². The molecule has 0 aliphatic heterocycles. The third kappa shape index (κ3) is 3.17. The Balaban J connectivity index is 1.73. The van der Waals surface area contributed by atoms with Crippen LogP contribution in [0.2, 0.25) is 0 Å². The highest BCUT2D eigenvalue weighted by molar-refractivity contribution is 5.83. The van der Waals surface area contributed by atoms with E-state index in [4.69, 9.17) is 4.42 Å². The van der Waals surface area contributed by atoms with Crippen LogP contribution in [-0.4, -0.2) is 25.9 Å². The molecule has 1 aromatic carbocycles. The molecule has 0 radical (unpaired) electrons. The van der Waals surface area contributed by atoms with Crippen LogP contribution in [0.5, 0.6) is 0 Å². The van der Waals surface area contributed by atoms with Gasteiger partial charge < -0.3 is 9.73 Å². The summed E-state index contributed by atoms with van der Waals surface area (Å²) in [5.74, 6) is 0.494. The summed E-state index contributed by atoms with van der Waals surface area (Å²) in [5, 5.41) is 15.8. The van der Waals surface area contributed by atoms with E-state index in [-0.39, 0.29) is 24.6 Å². The minimum absolute atomic E-state index is 0.118. The molecule has 3 rings (SSSR count). The summed E-state index contributed by atoms with van der Waals surface area (Å²) in [5.41, 5.74) is 0.403. The maximum atomic E-state index is 12.4. The molecule has 8 nitrogen and oxygen atoms in total. The lowest BCUT2D eigenvalue weighted by atomic mass is 10.1. The second-order valence-corrected chi connectivity index (χ2v) is 5.31. The first-order chi connectivity index (χ1) is 11.6. The van der Waals surface area contributed by atoms with Crippen molar-refractivity contribution in [3.05, 3.63) is 52.1 Å². The minimum Gasteiger partial charge on any atom is -0.423 e. The van der Waals surface area contributed by atoms with Gasteiger partial charge in [-0.05, 0) is 13.0 Å². The van der Waals surface area contributed by atoms with E-state index < -0.39 is 0 Å². The monoisotopic (exact) mass is 327 g/mol. The first-order valence-electron chi connectivity index (χ1n) is 7.63. The molecule has 1 amide bonds. The largest absolute Gasteiger partial charge is 0.423 e. The second kappa shape index (κ2) is 6.61. The number of rotatable bonds is 5. The van der Waals surface area contributed by atoms with Gasteiger partial charge in [0.1, 0.15) is 6.54 Å². The average Bonchev–Trinajstić information content (AvgIpc) is 3.06. The van der Waals surface area contributed by atoms with Crippen molar-refractivity contribution in [2.24, 2.45) is 0 Å². The molecule has 0 fully saturated rings. The highest BCUT2D eigenvalue weighted by atomic mass is 16.4. The predicted octanol–water partition coefficient (Wildman–Crippen LogP) is 0.967. The number of nitrogens with one attached hydrogen (secondary N) is 1. The van der Waals surface area contributed by atoms with Crippen LogP contribution in [0.25, 0.3) is 10.8 Å². The number of fused-ring (bicyclic) bond motifs is 1. The van der Waals surface area contributed by atoms with Crippen LogP contribution in [0.15, 0.2) is 33.5 Å². The van der Waals surface area contributed by atoms with Crippen LogP contribution in [-0.2, 0) is 24.3 Å². The molecule has 24 heavy (non-hydrogen) atoms. The Morgan fingerprint density at radius 3 is 2.62 bits per heavy atom. The van der Waals surface area contributed by atoms with Gasteiger partial charge in [-0.1, -0.05) is 25.1 Å². The molecule has 124 valence electrons. The van der Waals surface area contributed by atoms with Crippen molar-refractivity contribution < 1.29 is 9.21 Å². The van der Waals surface area contributed by atoms with Gasteiger partial charge >= 0.3 is 0 Å². The van der Waals surface area contributed by atoms with Crippen LogP contribution >= 0.6 is 0 Å². The number of carbonyl (C=O) groups is 1. The minimum atomic E-state index is -0.351. The molecule has 0 spiro atoms. The maximum absolute atomic E-state index is 12.4. The molecule has 2 heterocycles. The van der Waals surface area contributed by atoms with Crippen molar-refractivity contribution in [1.82, 2.24) is 25.3 Å². The summed E-state index contributed by atoms with van der Waals surface area (Å²) < 4.78 is 6.48. The van der Waals surface area contributed by atoms with Crippen LogP contribution in [0.3, 0.4) is 0 Å². The van der Waals surface area contributed by atoms with Crippen molar-refractivity contribution in [3.63, 3.8) is 0 Å². The Labute approximate surface area is 137 Å². The van der Waals surface area contributed by atoms with E-state index in [2.05, 4.69) is 20.6 Å². The molecule has 3 aromatic rings. The molecule has 0 saturated carbocycles. The molecule has 0 saturated heterocycles. The number of aryl methyl sites for hydroxylation is 2. The first-order valence-corrected chi connectivity index (χ1v) is 7.63. The summed E-state index contributed by atoms with van der Waals surface area (Å²) in [6.45, 7) is 3.66. The highest BCUT2D eigenvalue weighted by Gasteiger charge is 2.12. The van der Waals surface area contributed by atoms with Gasteiger partial charge in [-0.25, -0.2) is 4.68 Å². The van der Waals surface area contributed by atoms with Gasteiger partial charge in [0, 0.05) is 11.8 Å². The van der Waals surface area contributed by atoms with E-state index in [1.54, 1.807) is 19.1 Å². The third-order valence-corrected chi connectivity index (χ3v) is 3.59.